The van der Waals surface area contributed by atoms with Gasteiger partial charge in [-0.3, -0.25) is 0 Å². The summed E-state index contributed by atoms with van der Waals surface area (Å²) in [4.78, 5) is 4.27. The van der Waals surface area contributed by atoms with Crippen LogP contribution >= 0.6 is 11.3 Å². The highest BCUT2D eigenvalue weighted by Gasteiger charge is 2.22. The van der Waals surface area contributed by atoms with Crippen molar-refractivity contribution in [3.05, 3.63) is 40.2 Å². The van der Waals surface area contributed by atoms with Crippen molar-refractivity contribution in [2.24, 2.45) is 0 Å². The van der Waals surface area contributed by atoms with Crippen molar-refractivity contribution >= 4 is 17.2 Å². The van der Waals surface area contributed by atoms with Crippen LogP contribution in [-0.2, 0) is 0 Å². The Labute approximate surface area is 116 Å². The molecule has 0 saturated heterocycles. The summed E-state index contributed by atoms with van der Waals surface area (Å²) >= 11 is 1.43. The molecule has 0 unspecified atom stereocenters. The van der Waals surface area contributed by atoms with Crippen molar-refractivity contribution in [1.29, 1.82) is 0 Å². The standard InChI is InChI=1S/C13H9F2N3OS/c1-6-17-10(5-20-6)12-11(13(16)19-18-12)8-3-2-7(14)4-9(8)15/h2-5H,16H2,1H3. The van der Waals surface area contributed by atoms with Gasteiger partial charge in [0.25, 0.3) is 0 Å². The third-order valence-electron chi connectivity index (χ3n) is 2.78. The molecule has 20 heavy (non-hydrogen) atoms. The third-order valence-corrected chi connectivity index (χ3v) is 3.55. The molecule has 4 nitrogen and oxygen atoms in total. The molecule has 0 fully saturated rings. The molecule has 3 aromatic rings. The summed E-state index contributed by atoms with van der Waals surface area (Å²) in [6, 6.07) is 3.25. The Balaban J connectivity index is 2.21. The first kappa shape index (κ1) is 12.7. The summed E-state index contributed by atoms with van der Waals surface area (Å²) in [5.74, 6) is -1.42. The second kappa shape index (κ2) is 4.68. The maximum absolute atomic E-state index is 13.9. The first-order chi connectivity index (χ1) is 9.56. The first-order valence-corrected chi connectivity index (χ1v) is 6.57. The number of rotatable bonds is 2. The Morgan fingerprint density at radius 1 is 1.30 bits per heavy atom. The zero-order valence-corrected chi connectivity index (χ0v) is 11.2. The second-order valence-electron chi connectivity index (χ2n) is 4.15. The van der Waals surface area contributed by atoms with Crippen LogP contribution in [0.5, 0.6) is 0 Å². The van der Waals surface area contributed by atoms with E-state index in [0.29, 0.717) is 11.4 Å². The summed E-state index contributed by atoms with van der Waals surface area (Å²) in [5, 5.41) is 6.44. The van der Waals surface area contributed by atoms with E-state index in [0.717, 1.165) is 17.1 Å². The molecular formula is C13H9F2N3OS. The molecule has 2 aromatic heterocycles. The third kappa shape index (κ3) is 2.05. The molecular weight excluding hydrogens is 284 g/mol. The molecule has 0 spiro atoms. The van der Waals surface area contributed by atoms with Gasteiger partial charge >= 0.3 is 0 Å². The minimum Gasteiger partial charge on any atom is -0.367 e. The van der Waals surface area contributed by atoms with E-state index in [4.69, 9.17) is 10.3 Å². The van der Waals surface area contributed by atoms with E-state index in [9.17, 15) is 8.78 Å². The predicted molar refractivity (Wildman–Crippen MR) is 72.1 cm³/mol. The topological polar surface area (TPSA) is 64.9 Å². The highest BCUT2D eigenvalue weighted by atomic mass is 32.1. The number of hydrogen-bond donors (Lipinski definition) is 1. The van der Waals surface area contributed by atoms with Crippen molar-refractivity contribution in [2.75, 3.05) is 5.73 Å². The number of aryl methyl sites for hydroxylation is 1. The number of nitrogens with zero attached hydrogens (tertiary/aromatic N) is 2. The fourth-order valence-corrected chi connectivity index (χ4v) is 2.50. The fraction of sp³-hybridized carbons (Fsp3) is 0.0769. The van der Waals surface area contributed by atoms with Gasteiger partial charge in [-0.05, 0) is 19.1 Å². The molecule has 7 heteroatoms. The SMILES string of the molecule is Cc1nc(-c2noc(N)c2-c2ccc(F)cc2F)cs1. The van der Waals surface area contributed by atoms with Crippen LogP contribution in [0.3, 0.4) is 0 Å². The van der Waals surface area contributed by atoms with Gasteiger partial charge < -0.3 is 10.3 Å². The number of hydrogen-bond acceptors (Lipinski definition) is 5. The van der Waals surface area contributed by atoms with E-state index in [-0.39, 0.29) is 17.0 Å². The summed E-state index contributed by atoms with van der Waals surface area (Å²) in [6.07, 6.45) is 0. The van der Waals surface area contributed by atoms with Gasteiger partial charge in [-0.2, -0.15) is 0 Å². The highest BCUT2D eigenvalue weighted by molar-refractivity contribution is 7.09. The molecule has 0 bridgehead atoms. The number of aromatic nitrogens is 2. The minimum atomic E-state index is -0.729. The summed E-state index contributed by atoms with van der Waals surface area (Å²) in [6.45, 7) is 1.84. The lowest BCUT2D eigenvalue weighted by atomic mass is 10.0. The van der Waals surface area contributed by atoms with Gasteiger partial charge in [-0.15, -0.1) is 11.3 Å². The normalized spacial score (nSPS) is 10.9. The van der Waals surface area contributed by atoms with E-state index >= 15 is 0 Å². The monoisotopic (exact) mass is 293 g/mol. The van der Waals surface area contributed by atoms with Crippen LogP contribution in [0.15, 0.2) is 28.1 Å². The van der Waals surface area contributed by atoms with Crippen LogP contribution in [-0.4, -0.2) is 10.1 Å². The highest BCUT2D eigenvalue weighted by Crippen LogP contribution is 2.37. The molecule has 2 N–H and O–H groups in total. The van der Waals surface area contributed by atoms with Gasteiger partial charge in [0.15, 0.2) is 0 Å². The number of nitrogen functional groups attached to an aromatic ring is 1. The van der Waals surface area contributed by atoms with Gasteiger partial charge in [0.1, 0.15) is 23.0 Å². The van der Waals surface area contributed by atoms with E-state index in [1.165, 1.54) is 17.4 Å². The molecule has 0 atom stereocenters. The molecule has 3 rings (SSSR count). The molecule has 0 aliphatic carbocycles. The van der Waals surface area contributed by atoms with Gasteiger partial charge in [-0.1, -0.05) is 5.16 Å². The van der Waals surface area contributed by atoms with Crippen molar-refractivity contribution < 1.29 is 13.3 Å². The smallest absolute Gasteiger partial charge is 0.230 e. The van der Waals surface area contributed by atoms with Crippen molar-refractivity contribution in [2.45, 2.75) is 6.92 Å². The number of thiazole rings is 1. The zero-order valence-electron chi connectivity index (χ0n) is 10.4. The van der Waals surface area contributed by atoms with Gasteiger partial charge in [0.2, 0.25) is 5.88 Å². The lowest BCUT2D eigenvalue weighted by Crippen LogP contribution is -1.92. The Morgan fingerprint density at radius 2 is 2.10 bits per heavy atom. The van der Waals surface area contributed by atoms with E-state index in [1.807, 2.05) is 6.92 Å². The molecule has 1 aromatic carbocycles. The number of nitrogens with two attached hydrogens (primary N) is 1. The lowest BCUT2D eigenvalue weighted by Gasteiger charge is -2.02. The number of benzene rings is 1. The Bertz CT molecular complexity index is 782. The van der Waals surface area contributed by atoms with Gasteiger partial charge in [-0.25, -0.2) is 13.8 Å². The zero-order chi connectivity index (χ0) is 14.3. The van der Waals surface area contributed by atoms with Crippen molar-refractivity contribution in [3.63, 3.8) is 0 Å². The van der Waals surface area contributed by atoms with Crippen molar-refractivity contribution in [1.82, 2.24) is 10.1 Å². The first-order valence-electron chi connectivity index (χ1n) is 5.69. The maximum atomic E-state index is 13.9. The van der Waals surface area contributed by atoms with Crippen LogP contribution in [0.25, 0.3) is 22.5 Å². The minimum absolute atomic E-state index is 0.0313. The molecule has 102 valence electrons. The van der Waals surface area contributed by atoms with E-state index in [2.05, 4.69) is 10.1 Å². The molecule has 0 saturated carbocycles. The van der Waals surface area contributed by atoms with E-state index in [1.54, 1.807) is 5.38 Å². The molecule has 0 aliphatic rings. The number of halogens is 2. The Hall–Kier alpha value is -2.28. The van der Waals surface area contributed by atoms with Gasteiger partial charge in [0.05, 0.1) is 10.6 Å². The largest absolute Gasteiger partial charge is 0.367 e. The van der Waals surface area contributed by atoms with Crippen molar-refractivity contribution in [3.8, 4) is 22.5 Å². The predicted octanol–water partition coefficient (Wildman–Crippen LogP) is 3.63. The van der Waals surface area contributed by atoms with Crippen LogP contribution in [0.1, 0.15) is 5.01 Å². The summed E-state index contributed by atoms with van der Waals surface area (Å²) in [7, 11) is 0. The van der Waals surface area contributed by atoms with E-state index < -0.39 is 11.6 Å². The van der Waals surface area contributed by atoms with Crippen LogP contribution in [0.4, 0.5) is 14.7 Å². The molecule has 0 radical (unpaired) electrons. The molecule has 0 amide bonds. The van der Waals surface area contributed by atoms with Crippen LogP contribution in [0, 0.1) is 18.6 Å². The molecule has 2 heterocycles. The Kier molecular flexibility index (Phi) is 2.98. The second-order valence-corrected chi connectivity index (χ2v) is 5.21. The quantitative estimate of drug-likeness (QED) is 0.783. The summed E-state index contributed by atoms with van der Waals surface area (Å²) in [5.41, 5.74) is 7.02. The molecule has 0 aliphatic heterocycles. The number of anilines is 1. The maximum Gasteiger partial charge on any atom is 0.230 e. The average Bonchev–Trinajstić information content (AvgIpc) is 2.96. The van der Waals surface area contributed by atoms with Crippen LogP contribution in [0.2, 0.25) is 0 Å². The Morgan fingerprint density at radius 3 is 2.75 bits per heavy atom. The average molecular weight is 293 g/mol. The summed E-state index contributed by atoms with van der Waals surface area (Å²) < 4.78 is 31.8. The van der Waals surface area contributed by atoms with Gasteiger partial charge in [0, 0.05) is 17.0 Å². The fourth-order valence-electron chi connectivity index (χ4n) is 1.90. The van der Waals surface area contributed by atoms with Crippen LogP contribution < -0.4 is 5.73 Å². The lowest BCUT2D eigenvalue weighted by molar-refractivity contribution is 0.439.